The number of hydrogen-bond acceptors (Lipinski definition) is 2. The zero-order valence-electron chi connectivity index (χ0n) is 15.1. The van der Waals surface area contributed by atoms with Crippen molar-refractivity contribution in [3.63, 3.8) is 0 Å². The van der Waals surface area contributed by atoms with Crippen LogP contribution < -0.4 is 4.74 Å². The molecule has 25 heavy (non-hydrogen) atoms. The van der Waals surface area contributed by atoms with Crippen LogP contribution in [0.3, 0.4) is 0 Å². The molecule has 1 aliphatic heterocycles. The highest BCUT2D eigenvalue weighted by atomic mass is 16.6. The Bertz CT molecular complexity index is 535. The number of para-hydroxylation sites is 1. The molecule has 1 saturated heterocycles. The minimum absolute atomic E-state index is 0.343. The summed E-state index contributed by atoms with van der Waals surface area (Å²) >= 11 is 0. The van der Waals surface area contributed by atoms with E-state index in [0.717, 1.165) is 12.4 Å². The SMILES string of the molecule is C1C2CC3C4CC5CC(C14)C(C2)C3C5.c1ccc(OCC2CO2)cc1. The van der Waals surface area contributed by atoms with E-state index < -0.39 is 0 Å². The average Bonchev–Trinajstić information content (AvgIpc) is 3.50. The van der Waals surface area contributed by atoms with Gasteiger partial charge in [0.15, 0.2) is 0 Å². The van der Waals surface area contributed by atoms with Crippen molar-refractivity contribution < 1.29 is 9.47 Å². The second-order valence-electron chi connectivity index (χ2n) is 9.71. The average molecular weight is 338 g/mol. The molecule has 1 heterocycles. The van der Waals surface area contributed by atoms with E-state index in [1.807, 2.05) is 30.3 Å². The summed E-state index contributed by atoms with van der Waals surface area (Å²) in [4.78, 5) is 0. The Balaban J connectivity index is 0.000000107. The van der Waals surface area contributed by atoms with Crippen LogP contribution in [0.1, 0.15) is 38.5 Å². The molecule has 0 radical (unpaired) electrons. The van der Waals surface area contributed by atoms with Crippen LogP contribution in [-0.4, -0.2) is 19.3 Å². The molecule has 8 fully saturated rings. The van der Waals surface area contributed by atoms with Gasteiger partial charge in [-0.05, 0) is 98.0 Å². The molecule has 0 aromatic heterocycles. The molecule has 1 unspecified atom stereocenters. The van der Waals surface area contributed by atoms with Crippen molar-refractivity contribution in [2.24, 2.45) is 47.3 Å². The van der Waals surface area contributed by atoms with Crippen LogP contribution in [-0.2, 0) is 4.74 Å². The molecule has 1 aromatic rings. The van der Waals surface area contributed by atoms with Crippen molar-refractivity contribution in [2.45, 2.75) is 44.6 Å². The molecule has 2 nitrogen and oxygen atoms in total. The summed E-state index contributed by atoms with van der Waals surface area (Å²) in [5, 5.41) is 0. The molecule has 8 bridgehead atoms. The molecule has 0 amide bonds. The third-order valence-electron chi connectivity index (χ3n) is 8.51. The van der Waals surface area contributed by atoms with E-state index in [4.69, 9.17) is 9.47 Å². The maximum atomic E-state index is 5.40. The van der Waals surface area contributed by atoms with Crippen molar-refractivity contribution in [3.05, 3.63) is 30.3 Å². The Morgan fingerprint density at radius 3 is 1.56 bits per heavy atom. The molecular weight excluding hydrogens is 308 g/mol. The third kappa shape index (κ3) is 2.55. The maximum Gasteiger partial charge on any atom is 0.119 e. The normalized spacial score (nSPS) is 49.7. The summed E-state index contributed by atoms with van der Waals surface area (Å²) in [5.41, 5.74) is 0. The van der Waals surface area contributed by atoms with Crippen LogP contribution >= 0.6 is 0 Å². The number of epoxide rings is 1. The van der Waals surface area contributed by atoms with Gasteiger partial charge in [0.1, 0.15) is 18.5 Å². The van der Waals surface area contributed by atoms with Crippen molar-refractivity contribution in [1.29, 1.82) is 0 Å². The quantitative estimate of drug-likeness (QED) is 0.739. The van der Waals surface area contributed by atoms with Crippen molar-refractivity contribution in [3.8, 4) is 5.75 Å². The number of benzene rings is 1. The van der Waals surface area contributed by atoms with Crippen molar-refractivity contribution in [1.82, 2.24) is 0 Å². The van der Waals surface area contributed by atoms with Crippen LogP contribution in [0.5, 0.6) is 5.75 Å². The molecule has 134 valence electrons. The summed E-state index contributed by atoms with van der Waals surface area (Å²) in [6.45, 7) is 1.54. The van der Waals surface area contributed by atoms with E-state index in [2.05, 4.69) is 0 Å². The second-order valence-corrected chi connectivity index (χ2v) is 9.71. The van der Waals surface area contributed by atoms with E-state index in [9.17, 15) is 0 Å². The van der Waals surface area contributed by atoms with Gasteiger partial charge >= 0.3 is 0 Å². The summed E-state index contributed by atoms with van der Waals surface area (Å²) in [6.07, 6.45) is 10.3. The van der Waals surface area contributed by atoms with E-state index >= 15 is 0 Å². The molecular formula is C23H30O2. The predicted molar refractivity (Wildman–Crippen MR) is 97.3 cm³/mol. The van der Waals surface area contributed by atoms with Gasteiger partial charge in [-0.2, -0.15) is 0 Å². The monoisotopic (exact) mass is 338 g/mol. The Labute approximate surface area is 151 Å². The molecule has 0 spiro atoms. The second kappa shape index (κ2) is 5.74. The number of hydrogen-bond donors (Lipinski definition) is 0. The van der Waals surface area contributed by atoms with Gasteiger partial charge in [-0.1, -0.05) is 18.2 Å². The fourth-order valence-corrected chi connectivity index (χ4v) is 7.76. The first kappa shape index (κ1) is 15.1. The van der Waals surface area contributed by atoms with Gasteiger partial charge in [0.05, 0.1) is 6.61 Å². The largest absolute Gasteiger partial charge is 0.491 e. The van der Waals surface area contributed by atoms with E-state index in [1.54, 1.807) is 38.5 Å². The molecule has 8 aliphatic rings. The van der Waals surface area contributed by atoms with Crippen LogP contribution in [0, 0.1) is 47.3 Å². The lowest BCUT2D eigenvalue weighted by atomic mass is 9.36. The summed E-state index contributed by atoms with van der Waals surface area (Å²) in [6, 6.07) is 9.79. The minimum atomic E-state index is 0.343. The molecule has 7 aliphatic carbocycles. The number of ether oxygens (including phenoxy) is 2. The van der Waals surface area contributed by atoms with Crippen molar-refractivity contribution in [2.75, 3.05) is 13.2 Å². The van der Waals surface area contributed by atoms with E-state index in [0.29, 0.717) is 12.7 Å². The van der Waals surface area contributed by atoms with Crippen LogP contribution in [0.2, 0.25) is 0 Å². The summed E-state index contributed by atoms with van der Waals surface area (Å²) < 4.78 is 10.4. The summed E-state index contributed by atoms with van der Waals surface area (Å²) in [7, 11) is 0. The van der Waals surface area contributed by atoms with Crippen LogP contribution in [0.25, 0.3) is 0 Å². The molecule has 2 heteroatoms. The van der Waals surface area contributed by atoms with Crippen molar-refractivity contribution >= 4 is 0 Å². The van der Waals surface area contributed by atoms with Crippen LogP contribution in [0.4, 0.5) is 0 Å². The summed E-state index contributed by atoms with van der Waals surface area (Å²) in [5.74, 6) is 10.7. The van der Waals surface area contributed by atoms with E-state index in [1.165, 1.54) is 47.3 Å². The Hall–Kier alpha value is -1.02. The smallest absolute Gasteiger partial charge is 0.119 e. The Morgan fingerprint density at radius 2 is 1.16 bits per heavy atom. The molecule has 1 atom stereocenters. The zero-order chi connectivity index (χ0) is 16.4. The van der Waals surface area contributed by atoms with Gasteiger partial charge in [0, 0.05) is 0 Å². The lowest BCUT2D eigenvalue weighted by Crippen LogP contribution is -2.62. The molecule has 1 aromatic carbocycles. The molecule has 0 N–H and O–H groups in total. The fraction of sp³-hybridized carbons (Fsp3) is 0.739. The third-order valence-corrected chi connectivity index (χ3v) is 8.51. The van der Waals surface area contributed by atoms with Gasteiger partial charge in [-0.15, -0.1) is 0 Å². The molecule has 7 saturated carbocycles. The predicted octanol–water partition coefficient (Wildman–Crippen LogP) is 4.79. The Kier molecular flexibility index (Phi) is 3.46. The first-order chi connectivity index (χ1) is 12.3. The first-order valence-corrected chi connectivity index (χ1v) is 10.6. The highest BCUT2D eigenvalue weighted by Gasteiger charge is 2.63. The van der Waals surface area contributed by atoms with Gasteiger partial charge < -0.3 is 9.47 Å². The van der Waals surface area contributed by atoms with Gasteiger partial charge in [0.25, 0.3) is 0 Å². The zero-order valence-corrected chi connectivity index (χ0v) is 15.1. The van der Waals surface area contributed by atoms with E-state index in [-0.39, 0.29) is 0 Å². The van der Waals surface area contributed by atoms with Gasteiger partial charge in [-0.3, -0.25) is 0 Å². The lowest BCUT2D eigenvalue weighted by Gasteiger charge is -2.69. The standard InChI is InChI=1S/C14H20.C9H10O2/c1-7-2-12-10-4-8-5-11(9(1)10)13(3-7)14(12)6-8;1-2-4-8(5-3-1)10-6-9-7-11-9/h7-14H,1-6H2;1-5,9H,6-7H2. The maximum absolute atomic E-state index is 5.40. The number of rotatable bonds is 3. The fourth-order valence-electron chi connectivity index (χ4n) is 7.76. The topological polar surface area (TPSA) is 21.8 Å². The Morgan fingerprint density at radius 1 is 0.720 bits per heavy atom. The lowest BCUT2D eigenvalue weighted by molar-refractivity contribution is -0.202. The molecule has 9 rings (SSSR count). The highest BCUT2D eigenvalue weighted by molar-refractivity contribution is 5.21. The van der Waals surface area contributed by atoms with Gasteiger partial charge in [-0.25, -0.2) is 0 Å². The minimum Gasteiger partial charge on any atom is -0.491 e. The highest BCUT2D eigenvalue weighted by Crippen LogP contribution is 2.71. The first-order valence-electron chi connectivity index (χ1n) is 10.6. The van der Waals surface area contributed by atoms with Gasteiger partial charge in [0.2, 0.25) is 0 Å². The van der Waals surface area contributed by atoms with Crippen LogP contribution in [0.15, 0.2) is 30.3 Å².